The molecule has 0 bridgehead atoms. The Morgan fingerprint density at radius 3 is 2.37 bits per heavy atom. The lowest BCUT2D eigenvalue weighted by Gasteiger charge is -2.19. The Balaban J connectivity index is 2.35. The average molecular weight is 261 g/mol. The van der Waals surface area contributed by atoms with E-state index in [1.807, 2.05) is 24.3 Å². The van der Waals surface area contributed by atoms with E-state index in [1.54, 1.807) is 6.07 Å². The highest BCUT2D eigenvalue weighted by Crippen LogP contribution is 2.24. The summed E-state index contributed by atoms with van der Waals surface area (Å²) in [7, 11) is 0. The molecule has 0 saturated heterocycles. The van der Waals surface area contributed by atoms with Gasteiger partial charge in [0.25, 0.3) is 0 Å². The fraction of sp³-hybridized carbons (Fsp3) is 0.467. The molecule has 0 aliphatic carbocycles. The van der Waals surface area contributed by atoms with E-state index >= 15 is 0 Å². The second kappa shape index (κ2) is 6.79. The lowest BCUT2D eigenvalue weighted by molar-refractivity contribution is -0.143. The van der Waals surface area contributed by atoms with Crippen molar-refractivity contribution in [2.75, 3.05) is 13.2 Å². The number of nitriles is 1. The molecule has 1 aromatic carbocycles. The molecule has 0 heterocycles. The SMILES string of the molecule is CC(C)(C)c1ccc(OCCOC(=O)CC#N)cc1. The zero-order chi connectivity index (χ0) is 14.3. The Hall–Kier alpha value is -2.02. The maximum atomic E-state index is 10.9. The van der Waals surface area contributed by atoms with E-state index in [4.69, 9.17) is 14.7 Å². The second-order valence-electron chi connectivity index (χ2n) is 5.18. The van der Waals surface area contributed by atoms with Gasteiger partial charge in [-0.15, -0.1) is 0 Å². The van der Waals surface area contributed by atoms with Crippen molar-refractivity contribution in [3.05, 3.63) is 29.8 Å². The maximum Gasteiger partial charge on any atom is 0.320 e. The quantitative estimate of drug-likeness (QED) is 0.604. The van der Waals surface area contributed by atoms with Crippen molar-refractivity contribution in [2.45, 2.75) is 32.6 Å². The van der Waals surface area contributed by atoms with Crippen LogP contribution in [0.15, 0.2) is 24.3 Å². The van der Waals surface area contributed by atoms with Gasteiger partial charge in [0.2, 0.25) is 0 Å². The molecular formula is C15H19NO3. The molecule has 102 valence electrons. The number of nitrogens with zero attached hydrogens (tertiary/aromatic N) is 1. The first kappa shape index (κ1) is 15.0. The Morgan fingerprint density at radius 2 is 1.84 bits per heavy atom. The fourth-order valence-electron chi connectivity index (χ4n) is 1.48. The standard InChI is InChI=1S/C15H19NO3/c1-15(2,3)12-4-6-13(7-5-12)18-10-11-19-14(17)8-9-16/h4-7H,8,10-11H2,1-3H3. The highest BCUT2D eigenvalue weighted by molar-refractivity contribution is 5.71. The van der Waals surface area contributed by atoms with Crippen molar-refractivity contribution in [1.82, 2.24) is 0 Å². The van der Waals surface area contributed by atoms with Gasteiger partial charge in [0, 0.05) is 0 Å². The molecule has 0 unspecified atom stereocenters. The van der Waals surface area contributed by atoms with Crippen molar-refractivity contribution in [3.63, 3.8) is 0 Å². The minimum Gasteiger partial charge on any atom is -0.490 e. The summed E-state index contributed by atoms with van der Waals surface area (Å²) in [4.78, 5) is 10.9. The zero-order valence-electron chi connectivity index (χ0n) is 11.6. The number of esters is 1. The molecule has 4 heteroatoms. The number of hydrogen-bond acceptors (Lipinski definition) is 4. The second-order valence-corrected chi connectivity index (χ2v) is 5.18. The van der Waals surface area contributed by atoms with Crippen molar-refractivity contribution >= 4 is 5.97 Å². The van der Waals surface area contributed by atoms with Gasteiger partial charge in [-0.3, -0.25) is 4.79 Å². The molecule has 0 aliphatic rings. The molecule has 0 spiro atoms. The number of benzene rings is 1. The summed E-state index contributed by atoms with van der Waals surface area (Å²) in [5, 5.41) is 8.28. The predicted molar refractivity (Wildman–Crippen MR) is 71.8 cm³/mol. The van der Waals surface area contributed by atoms with Crippen LogP contribution in [0.2, 0.25) is 0 Å². The van der Waals surface area contributed by atoms with Gasteiger partial charge in [0.05, 0.1) is 6.07 Å². The molecule has 1 rings (SSSR count). The number of hydrogen-bond donors (Lipinski definition) is 0. The number of rotatable bonds is 5. The van der Waals surface area contributed by atoms with Crippen LogP contribution in [-0.4, -0.2) is 19.2 Å². The smallest absolute Gasteiger partial charge is 0.320 e. The molecule has 0 aromatic heterocycles. The molecule has 19 heavy (non-hydrogen) atoms. The maximum absolute atomic E-state index is 10.9. The van der Waals surface area contributed by atoms with E-state index in [0.717, 1.165) is 5.75 Å². The molecule has 0 radical (unpaired) electrons. The van der Waals surface area contributed by atoms with Crippen LogP contribution in [0, 0.1) is 11.3 Å². The zero-order valence-corrected chi connectivity index (χ0v) is 11.6. The molecule has 0 fully saturated rings. The molecule has 0 aliphatic heterocycles. The van der Waals surface area contributed by atoms with Crippen LogP contribution < -0.4 is 4.74 Å². The lowest BCUT2D eigenvalue weighted by atomic mass is 9.87. The number of carbonyl (C=O) groups is 1. The highest BCUT2D eigenvalue weighted by atomic mass is 16.6. The van der Waals surface area contributed by atoms with E-state index in [0.29, 0.717) is 0 Å². The van der Waals surface area contributed by atoms with Crippen molar-refractivity contribution in [2.24, 2.45) is 0 Å². The summed E-state index contributed by atoms with van der Waals surface area (Å²) >= 11 is 0. The van der Waals surface area contributed by atoms with E-state index in [9.17, 15) is 4.79 Å². The normalized spacial score (nSPS) is 10.6. The molecule has 0 N–H and O–H groups in total. The van der Waals surface area contributed by atoms with Crippen LogP contribution in [0.3, 0.4) is 0 Å². The van der Waals surface area contributed by atoms with Crippen LogP contribution in [0.5, 0.6) is 5.75 Å². The summed E-state index contributed by atoms with van der Waals surface area (Å²) in [5.74, 6) is 0.221. The van der Waals surface area contributed by atoms with Gasteiger partial charge < -0.3 is 9.47 Å². The van der Waals surface area contributed by atoms with Gasteiger partial charge in [0.15, 0.2) is 0 Å². The summed E-state index contributed by atoms with van der Waals surface area (Å²) in [6, 6.07) is 9.58. The van der Waals surface area contributed by atoms with Gasteiger partial charge in [-0.1, -0.05) is 32.9 Å². The van der Waals surface area contributed by atoms with Gasteiger partial charge in [-0.05, 0) is 23.1 Å². The largest absolute Gasteiger partial charge is 0.490 e. The van der Waals surface area contributed by atoms with Crippen LogP contribution in [0.25, 0.3) is 0 Å². The van der Waals surface area contributed by atoms with Gasteiger partial charge in [0.1, 0.15) is 25.4 Å². The minimum atomic E-state index is -0.519. The molecular weight excluding hydrogens is 242 g/mol. The third-order valence-electron chi connectivity index (χ3n) is 2.56. The first-order valence-electron chi connectivity index (χ1n) is 6.19. The predicted octanol–water partition coefficient (Wildman–Crippen LogP) is 2.82. The highest BCUT2D eigenvalue weighted by Gasteiger charge is 2.12. The van der Waals surface area contributed by atoms with Crippen LogP contribution in [-0.2, 0) is 14.9 Å². The number of ether oxygens (including phenoxy) is 2. The van der Waals surface area contributed by atoms with E-state index in [2.05, 4.69) is 20.8 Å². The van der Waals surface area contributed by atoms with Crippen LogP contribution in [0.4, 0.5) is 0 Å². The minimum absolute atomic E-state index is 0.116. The average Bonchev–Trinajstić information content (AvgIpc) is 2.34. The Bertz CT molecular complexity index is 452. The molecule has 0 amide bonds. The van der Waals surface area contributed by atoms with Crippen molar-refractivity contribution in [3.8, 4) is 11.8 Å². The van der Waals surface area contributed by atoms with Crippen LogP contribution >= 0.6 is 0 Å². The Morgan fingerprint density at radius 1 is 1.21 bits per heavy atom. The van der Waals surface area contributed by atoms with Gasteiger partial charge in [-0.25, -0.2) is 0 Å². The summed E-state index contributed by atoms with van der Waals surface area (Å²) in [5.41, 5.74) is 1.35. The van der Waals surface area contributed by atoms with Crippen molar-refractivity contribution in [1.29, 1.82) is 5.26 Å². The van der Waals surface area contributed by atoms with E-state index < -0.39 is 5.97 Å². The number of carbonyl (C=O) groups excluding carboxylic acids is 1. The lowest BCUT2D eigenvalue weighted by Crippen LogP contribution is -2.12. The van der Waals surface area contributed by atoms with E-state index in [1.165, 1.54) is 5.56 Å². The topological polar surface area (TPSA) is 59.3 Å². The Labute approximate surface area is 113 Å². The first-order valence-corrected chi connectivity index (χ1v) is 6.19. The molecule has 1 aromatic rings. The van der Waals surface area contributed by atoms with Gasteiger partial charge in [-0.2, -0.15) is 5.26 Å². The molecule has 0 saturated carbocycles. The molecule has 4 nitrogen and oxygen atoms in total. The molecule has 0 atom stereocenters. The van der Waals surface area contributed by atoms with Gasteiger partial charge >= 0.3 is 5.97 Å². The van der Waals surface area contributed by atoms with Crippen LogP contribution in [0.1, 0.15) is 32.8 Å². The van der Waals surface area contributed by atoms with Crippen molar-refractivity contribution < 1.29 is 14.3 Å². The summed E-state index contributed by atoms with van der Waals surface area (Å²) in [6.07, 6.45) is -0.222. The summed E-state index contributed by atoms with van der Waals surface area (Å²) < 4.78 is 10.2. The monoisotopic (exact) mass is 261 g/mol. The Kier molecular flexibility index (Phi) is 5.37. The van der Waals surface area contributed by atoms with E-state index in [-0.39, 0.29) is 25.0 Å². The first-order chi connectivity index (χ1) is 8.93. The fourth-order valence-corrected chi connectivity index (χ4v) is 1.48. The third kappa shape index (κ3) is 5.43. The summed E-state index contributed by atoms with van der Waals surface area (Å²) in [6.45, 7) is 6.89. The third-order valence-corrected chi connectivity index (χ3v) is 2.56.